The number of hydrogen-bond acceptors (Lipinski definition) is 1. The van der Waals surface area contributed by atoms with Crippen molar-refractivity contribution >= 4 is 0 Å². The van der Waals surface area contributed by atoms with E-state index >= 15 is 0 Å². The lowest BCUT2D eigenvalue weighted by Crippen LogP contribution is -2.35. The Bertz CT molecular complexity index is 386. The molecule has 0 heterocycles. The molecule has 1 N–H and O–H groups in total. The Labute approximate surface area is 112 Å². The molecule has 1 aliphatic carbocycles. The van der Waals surface area contributed by atoms with Gasteiger partial charge in [-0.1, -0.05) is 43.2 Å². The Balaban J connectivity index is 2.12. The second-order valence-electron chi connectivity index (χ2n) is 6.38. The van der Waals surface area contributed by atoms with Crippen LogP contribution in [0.2, 0.25) is 0 Å². The Hall–Kier alpha value is -0.820. The molecule has 0 spiro atoms. The zero-order valence-electron chi connectivity index (χ0n) is 12.3. The second kappa shape index (κ2) is 5.44. The lowest BCUT2D eigenvalue weighted by atomic mass is 9.78. The summed E-state index contributed by atoms with van der Waals surface area (Å²) < 4.78 is 0. The normalized spacial score (nSPS) is 18.7. The average Bonchev–Trinajstić information content (AvgIpc) is 3.08. The van der Waals surface area contributed by atoms with Crippen molar-refractivity contribution < 1.29 is 0 Å². The summed E-state index contributed by atoms with van der Waals surface area (Å²) in [5, 5.41) is 3.56. The topological polar surface area (TPSA) is 12.0 Å². The number of rotatable bonds is 6. The van der Waals surface area contributed by atoms with Crippen LogP contribution < -0.4 is 5.32 Å². The summed E-state index contributed by atoms with van der Waals surface area (Å²) in [4.78, 5) is 0. The summed E-state index contributed by atoms with van der Waals surface area (Å²) >= 11 is 0. The first-order valence-electron chi connectivity index (χ1n) is 7.31. The molecule has 0 bridgehead atoms. The second-order valence-corrected chi connectivity index (χ2v) is 6.38. The van der Waals surface area contributed by atoms with Crippen LogP contribution in [0, 0.1) is 25.2 Å². The standard InChI is InChI=1S/C17H27N/c1-5-18-12-17(4,16-6-7-16)11-15-9-13(2)8-14(3)10-15/h8-10,16,18H,5-7,11-12H2,1-4H3. The highest BCUT2D eigenvalue weighted by Gasteiger charge is 2.40. The van der Waals surface area contributed by atoms with Crippen molar-refractivity contribution in [2.45, 2.75) is 47.0 Å². The minimum Gasteiger partial charge on any atom is -0.316 e. The lowest BCUT2D eigenvalue weighted by Gasteiger charge is -2.30. The quantitative estimate of drug-likeness (QED) is 0.802. The number of nitrogens with one attached hydrogen (secondary N) is 1. The summed E-state index contributed by atoms with van der Waals surface area (Å²) in [5.74, 6) is 0.928. The van der Waals surface area contributed by atoms with E-state index in [4.69, 9.17) is 0 Å². The van der Waals surface area contributed by atoms with Crippen LogP contribution in [0.3, 0.4) is 0 Å². The summed E-state index contributed by atoms with van der Waals surface area (Å²) in [6, 6.07) is 6.99. The Morgan fingerprint density at radius 2 is 1.78 bits per heavy atom. The Morgan fingerprint density at radius 3 is 2.28 bits per heavy atom. The first-order valence-corrected chi connectivity index (χ1v) is 7.31. The van der Waals surface area contributed by atoms with Gasteiger partial charge in [-0.2, -0.15) is 0 Å². The van der Waals surface area contributed by atoms with E-state index in [0.717, 1.165) is 19.0 Å². The minimum atomic E-state index is 0.441. The van der Waals surface area contributed by atoms with Crippen molar-refractivity contribution in [2.24, 2.45) is 11.3 Å². The maximum Gasteiger partial charge on any atom is 0.00109 e. The van der Waals surface area contributed by atoms with Crippen molar-refractivity contribution in [3.05, 3.63) is 34.9 Å². The number of benzene rings is 1. The summed E-state index contributed by atoms with van der Waals surface area (Å²) in [5.41, 5.74) is 4.74. The monoisotopic (exact) mass is 245 g/mol. The smallest absolute Gasteiger partial charge is 0.00109 e. The molecule has 18 heavy (non-hydrogen) atoms. The van der Waals surface area contributed by atoms with Gasteiger partial charge in [-0.3, -0.25) is 0 Å². The van der Waals surface area contributed by atoms with E-state index in [1.165, 1.54) is 36.0 Å². The molecule has 100 valence electrons. The Kier molecular flexibility index (Phi) is 4.11. The van der Waals surface area contributed by atoms with E-state index in [1.54, 1.807) is 0 Å². The predicted octanol–water partition coefficient (Wildman–Crippen LogP) is 3.87. The maximum absolute atomic E-state index is 3.56. The summed E-state index contributed by atoms with van der Waals surface area (Å²) in [6.07, 6.45) is 4.06. The molecule has 1 aromatic carbocycles. The molecule has 0 aromatic heterocycles. The molecular weight excluding hydrogens is 218 g/mol. The molecule has 1 nitrogen and oxygen atoms in total. The molecule has 0 aliphatic heterocycles. The van der Waals surface area contributed by atoms with Crippen molar-refractivity contribution in [1.29, 1.82) is 0 Å². The van der Waals surface area contributed by atoms with Gasteiger partial charge >= 0.3 is 0 Å². The minimum absolute atomic E-state index is 0.441. The highest BCUT2D eigenvalue weighted by Crippen LogP contribution is 2.47. The zero-order valence-corrected chi connectivity index (χ0v) is 12.3. The molecule has 1 aromatic rings. The van der Waals surface area contributed by atoms with Gasteiger partial charge in [-0.05, 0) is 56.6 Å². The van der Waals surface area contributed by atoms with E-state index in [-0.39, 0.29) is 0 Å². The van der Waals surface area contributed by atoms with E-state index in [0.29, 0.717) is 5.41 Å². The third-order valence-electron chi connectivity index (χ3n) is 4.23. The lowest BCUT2D eigenvalue weighted by molar-refractivity contribution is 0.258. The van der Waals surface area contributed by atoms with Gasteiger partial charge in [0, 0.05) is 6.54 Å². The molecule has 1 atom stereocenters. The van der Waals surface area contributed by atoms with E-state index in [2.05, 4.69) is 51.2 Å². The maximum atomic E-state index is 3.56. The van der Waals surface area contributed by atoms with Gasteiger partial charge in [-0.15, -0.1) is 0 Å². The van der Waals surface area contributed by atoms with Gasteiger partial charge in [0.25, 0.3) is 0 Å². The highest BCUT2D eigenvalue weighted by molar-refractivity contribution is 5.29. The van der Waals surface area contributed by atoms with Crippen LogP contribution in [0.25, 0.3) is 0 Å². The molecule has 0 saturated heterocycles. The fraction of sp³-hybridized carbons (Fsp3) is 0.647. The Morgan fingerprint density at radius 1 is 1.17 bits per heavy atom. The molecule has 1 saturated carbocycles. The third-order valence-corrected chi connectivity index (χ3v) is 4.23. The number of hydrogen-bond donors (Lipinski definition) is 1. The molecule has 0 amide bonds. The van der Waals surface area contributed by atoms with Crippen LogP contribution in [0.5, 0.6) is 0 Å². The fourth-order valence-electron chi connectivity index (χ4n) is 3.18. The van der Waals surface area contributed by atoms with Crippen LogP contribution in [0.1, 0.15) is 43.4 Å². The molecule has 1 fully saturated rings. The van der Waals surface area contributed by atoms with Gasteiger partial charge in [-0.25, -0.2) is 0 Å². The predicted molar refractivity (Wildman–Crippen MR) is 79.0 cm³/mol. The van der Waals surface area contributed by atoms with E-state index < -0.39 is 0 Å². The largest absolute Gasteiger partial charge is 0.316 e. The van der Waals surface area contributed by atoms with Gasteiger partial charge in [0.2, 0.25) is 0 Å². The molecule has 1 unspecified atom stereocenters. The van der Waals surface area contributed by atoms with Crippen LogP contribution in [0.15, 0.2) is 18.2 Å². The van der Waals surface area contributed by atoms with Gasteiger partial charge in [0.1, 0.15) is 0 Å². The summed E-state index contributed by atoms with van der Waals surface area (Å²) in [7, 11) is 0. The van der Waals surface area contributed by atoms with Crippen molar-refractivity contribution in [1.82, 2.24) is 5.32 Å². The average molecular weight is 245 g/mol. The molecular formula is C17H27N. The van der Waals surface area contributed by atoms with Crippen LogP contribution >= 0.6 is 0 Å². The van der Waals surface area contributed by atoms with Crippen LogP contribution in [-0.4, -0.2) is 13.1 Å². The fourth-order valence-corrected chi connectivity index (χ4v) is 3.18. The first-order chi connectivity index (χ1) is 8.53. The summed E-state index contributed by atoms with van der Waals surface area (Å²) in [6.45, 7) is 11.3. The van der Waals surface area contributed by atoms with Crippen molar-refractivity contribution in [3.8, 4) is 0 Å². The van der Waals surface area contributed by atoms with Crippen LogP contribution in [-0.2, 0) is 6.42 Å². The highest BCUT2D eigenvalue weighted by atomic mass is 14.9. The van der Waals surface area contributed by atoms with Crippen LogP contribution in [0.4, 0.5) is 0 Å². The third kappa shape index (κ3) is 3.35. The van der Waals surface area contributed by atoms with Crippen molar-refractivity contribution in [2.75, 3.05) is 13.1 Å². The molecule has 2 rings (SSSR count). The molecule has 1 aliphatic rings. The molecule has 1 heteroatoms. The zero-order chi connectivity index (χ0) is 13.2. The van der Waals surface area contributed by atoms with Gasteiger partial charge in [0.05, 0.1) is 0 Å². The van der Waals surface area contributed by atoms with Gasteiger partial charge < -0.3 is 5.32 Å². The van der Waals surface area contributed by atoms with E-state index in [9.17, 15) is 0 Å². The van der Waals surface area contributed by atoms with E-state index in [1.807, 2.05) is 0 Å². The van der Waals surface area contributed by atoms with Crippen molar-refractivity contribution in [3.63, 3.8) is 0 Å². The molecule has 0 radical (unpaired) electrons. The first kappa shape index (κ1) is 13.6. The SMILES string of the molecule is CCNCC(C)(Cc1cc(C)cc(C)c1)C1CC1. The number of aryl methyl sites for hydroxylation is 2. The van der Waals surface area contributed by atoms with Gasteiger partial charge in [0.15, 0.2) is 0 Å².